The number of ether oxygens (including phenoxy) is 12. The lowest BCUT2D eigenvalue weighted by Gasteiger charge is -2.62. The van der Waals surface area contributed by atoms with Gasteiger partial charge in [-0.15, -0.1) is 0 Å². The van der Waals surface area contributed by atoms with Crippen LogP contribution in [0.25, 0.3) is 0 Å². The van der Waals surface area contributed by atoms with Gasteiger partial charge in [0.25, 0.3) is 0 Å². The largest absolute Gasteiger partial charge is 0.449 e. The zero-order valence-electron chi connectivity index (χ0n) is 72.4. The van der Waals surface area contributed by atoms with Gasteiger partial charge in [-0.1, -0.05) is 74.1 Å². The highest BCUT2D eigenvalue weighted by molar-refractivity contribution is 6.14. The molecule has 4 saturated heterocycles. The lowest BCUT2D eigenvalue weighted by Crippen LogP contribution is -2.78. The molecule has 0 aromatic carbocycles. The Bertz CT molecular complexity index is 4170. The van der Waals surface area contributed by atoms with E-state index in [2.05, 4.69) is 33.9 Å². The van der Waals surface area contributed by atoms with E-state index in [4.69, 9.17) is 56.8 Å². The standard InChI is InChI=1S/C24H34O7.2C22H32O7.C22H32O4/c1-8-29-19-14(5)10-11-21(30-9-2)20(7)12-16(25)31-24(19,21)22(27)15(6)17(13(3)4)18(26)23(20,22)28;2*1-7-27-17-12(3)9-10-19(28-8-2)18(6)11-15(23)29-22(17,19)20(25)14(5)13(4)16(24)21(18,20)26;1-7-24-19-13(3)9-10-21(25-8-2)20(6)12-17(23)26-22(19,21)18-15(5)14(4)11-16(18)20/h14,19,27-28H,3,8-12H2,1-2,4-7H3;2*12,17,25-26H,7-11H2,1-6H3;13,16,19H,4,7-12H2,1-3,5-6H3/t14?,19?,20-,21-,22?,23?,24?;12?,17?,18?,19-,20?,21?,22?;12?,17?,18-,19-,20?,21?,22?;13?,16-,19?,20?,21+,22?/m0001/s1. The van der Waals surface area contributed by atoms with Gasteiger partial charge in [-0.3, -0.25) is 33.6 Å². The molecule has 12 fully saturated rings. The topological polar surface area (TPSA) is 352 Å². The molecule has 0 radical (unpaired) electrons. The van der Waals surface area contributed by atoms with Crippen molar-refractivity contribution < 1.29 is 121 Å². The van der Waals surface area contributed by atoms with Crippen molar-refractivity contribution >= 4 is 41.2 Å². The smallest absolute Gasteiger partial charge is 0.307 e. The molecule has 4 aliphatic heterocycles. The Kier molecular flexibility index (Phi) is 21.1. The molecule has 0 spiro atoms. The first-order valence-electron chi connectivity index (χ1n) is 42.6. The van der Waals surface area contributed by atoms with Gasteiger partial charge in [0.05, 0.1) is 41.9 Å². The number of carbonyl (C=O) groups is 7. The summed E-state index contributed by atoms with van der Waals surface area (Å²) in [4.78, 5) is 92.5. The molecule has 12 aliphatic carbocycles. The number of Topliss-reactive ketones (excluding diaryl/α,β-unsaturated/α-hetero) is 3. The molecule has 0 aromatic heterocycles. The fourth-order valence-corrected chi connectivity index (χ4v) is 28.9. The summed E-state index contributed by atoms with van der Waals surface area (Å²) in [5.41, 5.74) is -22.3. The van der Waals surface area contributed by atoms with Crippen LogP contribution in [0, 0.1) is 51.2 Å². The molecule has 640 valence electrons. The zero-order chi connectivity index (χ0) is 85.3. The van der Waals surface area contributed by atoms with E-state index in [-0.39, 0.29) is 91.4 Å². The van der Waals surface area contributed by atoms with Crippen LogP contribution in [-0.4, -0.2) is 228 Å². The Morgan fingerprint density at radius 1 is 0.400 bits per heavy atom. The molecule has 6 N–H and O–H groups in total. The van der Waals surface area contributed by atoms with Crippen molar-refractivity contribution in [3.63, 3.8) is 0 Å². The Balaban J connectivity index is 0.000000134. The number of allylic oxidation sites excluding steroid dienone is 3. The van der Waals surface area contributed by atoms with Crippen molar-refractivity contribution in [1.29, 1.82) is 0 Å². The molecule has 0 amide bonds. The monoisotopic (exact) mass is 1610 g/mol. The molecule has 4 heterocycles. The van der Waals surface area contributed by atoms with Gasteiger partial charge < -0.3 is 87.5 Å². The Morgan fingerprint density at radius 3 is 1.03 bits per heavy atom. The highest BCUT2D eigenvalue weighted by Crippen LogP contribution is 2.82. The minimum absolute atomic E-state index is 0.0751. The molecule has 115 heavy (non-hydrogen) atoms. The van der Waals surface area contributed by atoms with E-state index < -0.39 is 148 Å². The molecule has 0 aromatic rings. The van der Waals surface area contributed by atoms with Crippen LogP contribution < -0.4 is 0 Å². The third kappa shape index (κ3) is 8.97. The van der Waals surface area contributed by atoms with Gasteiger partial charge in [-0.05, 0) is 236 Å². The van der Waals surface area contributed by atoms with Gasteiger partial charge in [0.2, 0.25) is 16.8 Å². The molecule has 8 bridgehead atoms. The molecule has 20 unspecified atom stereocenters. The van der Waals surface area contributed by atoms with Crippen molar-refractivity contribution in [2.24, 2.45) is 51.2 Å². The number of rotatable bonds is 17. The number of hydrogen-bond donors (Lipinski definition) is 6. The van der Waals surface area contributed by atoms with Crippen molar-refractivity contribution in [1.82, 2.24) is 0 Å². The van der Waals surface area contributed by atoms with E-state index >= 15 is 0 Å². The fraction of sp³-hybridized carbons (Fsp3) is 0.789. The normalized spacial score (nSPS) is 49.5. The summed E-state index contributed by atoms with van der Waals surface area (Å²) in [5, 5.41) is 73.9. The average Bonchev–Trinajstić information content (AvgIpc) is 1.44. The summed E-state index contributed by atoms with van der Waals surface area (Å²) < 4.78 is 75.2. The summed E-state index contributed by atoms with van der Waals surface area (Å²) in [6, 6.07) is 0. The van der Waals surface area contributed by atoms with Crippen LogP contribution in [-0.2, 0) is 90.4 Å². The van der Waals surface area contributed by atoms with Crippen LogP contribution in [0.4, 0.5) is 0 Å². The number of aliphatic hydroxyl groups is 6. The van der Waals surface area contributed by atoms with E-state index in [0.717, 1.165) is 19.3 Å². The first kappa shape index (κ1) is 87.6. The van der Waals surface area contributed by atoms with Crippen molar-refractivity contribution in [2.75, 3.05) is 52.9 Å². The van der Waals surface area contributed by atoms with Crippen molar-refractivity contribution in [3.05, 3.63) is 68.9 Å². The van der Waals surface area contributed by atoms with Crippen LogP contribution >= 0.6 is 0 Å². The summed E-state index contributed by atoms with van der Waals surface area (Å²) in [6.07, 6.45) is 3.55. The predicted octanol–water partition coefficient (Wildman–Crippen LogP) is 9.80. The molecular weight excluding hydrogens is 1480 g/mol. The third-order valence-electron chi connectivity index (χ3n) is 33.5. The van der Waals surface area contributed by atoms with Crippen LogP contribution in [0.2, 0.25) is 0 Å². The Hall–Kier alpha value is -5.23. The summed E-state index contributed by atoms with van der Waals surface area (Å²) in [6.45, 7) is 53.7. The maximum atomic E-state index is 13.9. The summed E-state index contributed by atoms with van der Waals surface area (Å²) in [7, 11) is 0. The van der Waals surface area contributed by atoms with Crippen LogP contribution in [0.5, 0.6) is 0 Å². The van der Waals surface area contributed by atoms with E-state index in [1.165, 1.54) is 16.7 Å². The zero-order valence-corrected chi connectivity index (χ0v) is 72.4. The van der Waals surface area contributed by atoms with Crippen molar-refractivity contribution in [3.8, 4) is 0 Å². The SMILES string of the molecule is C=C(C)C1=C(C)C2(O)C(O)(C1=O)[C@@]1(C)CC(=O)OC23C(OCC)C(C)CC[C@@]31OCC.C=C1C[C@@H]2C(=C1C)C13OC(=O)CC2(C)[C@@]1(OCC)CCC(C)C3OCC.CCOC1C(C)CC[C@@]2(OCC)C13OC(=O)C[C@]2(C)C1(O)C(=O)C(C)=C(C)C13O.CCOC1C(C)CC[C@]2(OCC)C3(C)CC(=O)OC12C1(O)C(C)=C(C)C(=O)C13O. The quantitative estimate of drug-likeness (QED) is 0.0582. The maximum absolute atomic E-state index is 13.9. The Morgan fingerprint density at radius 2 is 0.696 bits per heavy atom. The molecule has 16 rings (SSSR count). The molecule has 25 heteroatoms. The third-order valence-corrected chi connectivity index (χ3v) is 33.5. The minimum Gasteiger partial charge on any atom is -0.449 e. The first-order valence-corrected chi connectivity index (χ1v) is 42.6. The van der Waals surface area contributed by atoms with Crippen molar-refractivity contribution in [2.45, 2.75) is 346 Å². The average molecular weight is 1610 g/mol. The molecular formula is C90H130O25. The number of carbonyl (C=O) groups excluding carboxylic acids is 7. The highest BCUT2D eigenvalue weighted by atomic mass is 16.7. The van der Waals surface area contributed by atoms with Crippen LogP contribution in [0.15, 0.2) is 68.9 Å². The fourth-order valence-electron chi connectivity index (χ4n) is 28.9. The number of esters is 4. The number of hydrogen-bond acceptors (Lipinski definition) is 25. The van der Waals surface area contributed by atoms with E-state index in [1.54, 1.807) is 62.3 Å². The van der Waals surface area contributed by atoms with Gasteiger partial charge in [-0.25, -0.2) is 0 Å². The predicted molar refractivity (Wildman–Crippen MR) is 418 cm³/mol. The lowest BCUT2D eigenvalue weighted by molar-refractivity contribution is -0.325. The second-order valence-corrected chi connectivity index (χ2v) is 37.5. The highest BCUT2D eigenvalue weighted by Gasteiger charge is 3.01. The van der Waals surface area contributed by atoms with Gasteiger partial charge >= 0.3 is 23.9 Å². The maximum Gasteiger partial charge on any atom is 0.307 e. The molecule has 27 atom stereocenters. The van der Waals surface area contributed by atoms with Crippen LogP contribution in [0.1, 0.15) is 243 Å². The van der Waals surface area contributed by atoms with Crippen LogP contribution in [0.3, 0.4) is 0 Å². The van der Waals surface area contributed by atoms with Gasteiger partial charge in [0, 0.05) is 63.8 Å². The second kappa shape index (κ2) is 27.6. The molecule has 25 nitrogen and oxygen atoms in total. The van der Waals surface area contributed by atoms with Gasteiger partial charge in [-0.2, -0.15) is 0 Å². The number of fused-ring (bicyclic) bond motifs is 8. The summed E-state index contributed by atoms with van der Waals surface area (Å²) in [5.74, 6) is -3.25. The lowest BCUT2D eigenvalue weighted by atomic mass is 9.55. The van der Waals surface area contributed by atoms with E-state index in [9.17, 15) is 64.2 Å². The summed E-state index contributed by atoms with van der Waals surface area (Å²) >= 11 is 0. The first-order chi connectivity index (χ1) is 53.6. The Labute approximate surface area is 677 Å². The van der Waals surface area contributed by atoms with Gasteiger partial charge in [0.15, 0.2) is 56.6 Å². The minimum atomic E-state index is -2.32. The molecule has 16 aliphatic rings. The van der Waals surface area contributed by atoms with E-state index in [0.29, 0.717) is 112 Å². The molecule has 8 saturated carbocycles. The second-order valence-electron chi connectivity index (χ2n) is 37.5. The van der Waals surface area contributed by atoms with E-state index in [1.807, 2.05) is 76.2 Å². The number of ketones is 3. The van der Waals surface area contributed by atoms with Gasteiger partial charge in [0.1, 0.15) is 46.8 Å².